The largest absolute Gasteiger partial charge is 0.508 e. The van der Waals surface area contributed by atoms with Crippen LogP contribution in [0, 0.1) is 5.92 Å². The summed E-state index contributed by atoms with van der Waals surface area (Å²) in [6.45, 7) is 1.73. The SMILES string of the molecule is O=S(=O)(NCC1CCCOC1)c1cccc(O)c1. The van der Waals surface area contributed by atoms with Gasteiger partial charge in [0.15, 0.2) is 0 Å². The van der Waals surface area contributed by atoms with E-state index in [4.69, 9.17) is 4.74 Å². The maximum atomic E-state index is 12.0. The molecule has 0 spiro atoms. The van der Waals surface area contributed by atoms with Gasteiger partial charge in [-0.3, -0.25) is 0 Å². The number of nitrogens with one attached hydrogen (secondary N) is 1. The van der Waals surface area contributed by atoms with Crippen LogP contribution in [0.2, 0.25) is 0 Å². The Kier molecular flexibility index (Phi) is 4.21. The highest BCUT2D eigenvalue weighted by Gasteiger charge is 2.19. The molecule has 1 aliphatic rings. The molecule has 0 aromatic heterocycles. The summed E-state index contributed by atoms with van der Waals surface area (Å²) in [6, 6.07) is 5.64. The molecule has 0 saturated carbocycles. The van der Waals surface area contributed by atoms with Gasteiger partial charge in [-0.05, 0) is 37.0 Å². The third kappa shape index (κ3) is 3.44. The number of phenols is 1. The summed E-state index contributed by atoms with van der Waals surface area (Å²) >= 11 is 0. The van der Waals surface area contributed by atoms with Crippen LogP contribution in [-0.4, -0.2) is 33.3 Å². The minimum Gasteiger partial charge on any atom is -0.508 e. The summed E-state index contributed by atoms with van der Waals surface area (Å²) in [5, 5.41) is 9.28. The molecule has 2 N–H and O–H groups in total. The molecule has 0 amide bonds. The van der Waals surface area contributed by atoms with Crippen LogP contribution in [0.25, 0.3) is 0 Å². The molecule has 1 heterocycles. The van der Waals surface area contributed by atoms with E-state index >= 15 is 0 Å². The molecule has 6 heteroatoms. The molecule has 1 unspecified atom stereocenters. The van der Waals surface area contributed by atoms with Crippen molar-refractivity contribution < 1.29 is 18.3 Å². The molecule has 1 aliphatic heterocycles. The quantitative estimate of drug-likeness (QED) is 0.859. The van der Waals surface area contributed by atoms with Crippen LogP contribution in [-0.2, 0) is 14.8 Å². The topological polar surface area (TPSA) is 75.6 Å². The van der Waals surface area contributed by atoms with Crippen molar-refractivity contribution in [3.8, 4) is 5.75 Å². The molecule has 1 saturated heterocycles. The third-order valence-corrected chi connectivity index (χ3v) is 4.37. The average Bonchev–Trinajstić information content (AvgIpc) is 2.38. The predicted molar refractivity (Wildman–Crippen MR) is 66.8 cm³/mol. The van der Waals surface area contributed by atoms with Crippen LogP contribution in [0.1, 0.15) is 12.8 Å². The van der Waals surface area contributed by atoms with Gasteiger partial charge in [0.25, 0.3) is 0 Å². The van der Waals surface area contributed by atoms with Crippen molar-refractivity contribution in [1.29, 1.82) is 0 Å². The highest BCUT2D eigenvalue weighted by molar-refractivity contribution is 7.89. The smallest absolute Gasteiger partial charge is 0.240 e. The Labute approximate surface area is 107 Å². The molecule has 1 aromatic carbocycles. The second-order valence-corrected chi connectivity index (χ2v) is 6.20. The van der Waals surface area contributed by atoms with Gasteiger partial charge < -0.3 is 9.84 Å². The van der Waals surface area contributed by atoms with E-state index in [1.807, 2.05) is 0 Å². The second-order valence-electron chi connectivity index (χ2n) is 4.43. The van der Waals surface area contributed by atoms with Crippen LogP contribution in [0.3, 0.4) is 0 Å². The highest BCUT2D eigenvalue weighted by atomic mass is 32.2. The summed E-state index contributed by atoms with van der Waals surface area (Å²) < 4.78 is 31.8. The van der Waals surface area contributed by atoms with Crippen molar-refractivity contribution in [3.63, 3.8) is 0 Å². The molecule has 18 heavy (non-hydrogen) atoms. The van der Waals surface area contributed by atoms with Crippen LogP contribution >= 0.6 is 0 Å². The van der Waals surface area contributed by atoms with Crippen molar-refractivity contribution in [2.75, 3.05) is 19.8 Å². The number of rotatable bonds is 4. The average molecular weight is 271 g/mol. The van der Waals surface area contributed by atoms with E-state index in [9.17, 15) is 13.5 Å². The molecule has 2 rings (SSSR count). The van der Waals surface area contributed by atoms with Crippen LogP contribution < -0.4 is 4.72 Å². The number of ether oxygens (including phenoxy) is 1. The van der Waals surface area contributed by atoms with Crippen molar-refractivity contribution in [3.05, 3.63) is 24.3 Å². The van der Waals surface area contributed by atoms with E-state index in [1.165, 1.54) is 24.3 Å². The maximum Gasteiger partial charge on any atom is 0.240 e. The van der Waals surface area contributed by atoms with Gasteiger partial charge in [0.1, 0.15) is 5.75 Å². The number of hydrogen-bond donors (Lipinski definition) is 2. The fourth-order valence-electron chi connectivity index (χ4n) is 1.93. The fraction of sp³-hybridized carbons (Fsp3) is 0.500. The van der Waals surface area contributed by atoms with Gasteiger partial charge >= 0.3 is 0 Å². The van der Waals surface area contributed by atoms with E-state index in [1.54, 1.807) is 0 Å². The number of phenolic OH excluding ortho intramolecular Hbond substituents is 1. The first-order valence-electron chi connectivity index (χ1n) is 5.94. The lowest BCUT2D eigenvalue weighted by atomic mass is 10.0. The first-order valence-corrected chi connectivity index (χ1v) is 7.43. The van der Waals surface area contributed by atoms with Crippen molar-refractivity contribution >= 4 is 10.0 Å². The summed E-state index contributed by atoms with van der Waals surface area (Å²) in [6.07, 6.45) is 1.95. The molecule has 100 valence electrons. The molecular weight excluding hydrogens is 254 g/mol. The predicted octanol–water partition coefficient (Wildman–Crippen LogP) is 1.10. The molecular formula is C12H17NO4S. The van der Waals surface area contributed by atoms with Crippen LogP contribution in [0.15, 0.2) is 29.2 Å². The molecule has 0 bridgehead atoms. The first-order chi connectivity index (χ1) is 8.58. The summed E-state index contributed by atoms with van der Waals surface area (Å²) in [5.41, 5.74) is 0. The lowest BCUT2D eigenvalue weighted by Crippen LogP contribution is -2.33. The van der Waals surface area contributed by atoms with Crippen molar-refractivity contribution in [2.45, 2.75) is 17.7 Å². The highest BCUT2D eigenvalue weighted by Crippen LogP contribution is 2.17. The summed E-state index contributed by atoms with van der Waals surface area (Å²) in [7, 11) is -3.55. The molecule has 1 aromatic rings. The molecule has 1 atom stereocenters. The molecule has 1 fully saturated rings. The van der Waals surface area contributed by atoms with Gasteiger partial charge in [-0.1, -0.05) is 6.07 Å². The number of hydrogen-bond acceptors (Lipinski definition) is 4. The van der Waals surface area contributed by atoms with Gasteiger partial charge in [-0.15, -0.1) is 0 Å². The Morgan fingerprint density at radius 1 is 1.44 bits per heavy atom. The van der Waals surface area contributed by atoms with E-state index in [0.29, 0.717) is 13.2 Å². The van der Waals surface area contributed by atoms with Crippen LogP contribution in [0.4, 0.5) is 0 Å². The Hall–Kier alpha value is -1.11. The van der Waals surface area contributed by atoms with Gasteiger partial charge in [0.05, 0.1) is 11.5 Å². The summed E-state index contributed by atoms with van der Waals surface area (Å²) in [4.78, 5) is 0.0826. The molecule has 5 nitrogen and oxygen atoms in total. The first kappa shape index (κ1) is 13.3. The van der Waals surface area contributed by atoms with Gasteiger partial charge in [0.2, 0.25) is 10.0 Å². The number of benzene rings is 1. The van der Waals surface area contributed by atoms with E-state index in [2.05, 4.69) is 4.72 Å². The zero-order valence-corrected chi connectivity index (χ0v) is 10.8. The molecule has 0 radical (unpaired) electrons. The Morgan fingerprint density at radius 3 is 2.94 bits per heavy atom. The van der Waals surface area contributed by atoms with Gasteiger partial charge in [-0.25, -0.2) is 13.1 Å². The number of aromatic hydroxyl groups is 1. The van der Waals surface area contributed by atoms with Gasteiger partial charge in [-0.2, -0.15) is 0 Å². The zero-order valence-electron chi connectivity index (χ0n) is 10.0. The van der Waals surface area contributed by atoms with Crippen molar-refractivity contribution in [1.82, 2.24) is 4.72 Å². The minimum absolute atomic E-state index is 0.0566. The van der Waals surface area contributed by atoms with Gasteiger partial charge in [0, 0.05) is 13.2 Å². The normalized spacial score (nSPS) is 20.8. The monoisotopic (exact) mass is 271 g/mol. The molecule has 0 aliphatic carbocycles. The standard InChI is InChI=1S/C12H17NO4S/c14-11-4-1-5-12(7-11)18(15,16)13-8-10-3-2-6-17-9-10/h1,4-5,7,10,13-14H,2-3,6,8-9H2. The maximum absolute atomic E-state index is 12.0. The minimum atomic E-state index is -3.55. The van der Waals surface area contributed by atoms with E-state index < -0.39 is 10.0 Å². The lowest BCUT2D eigenvalue weighted by molar-refractivity contribution is 0.0568. The van der Waals surface area contributed by atoms with Crippen molar-refractivity contribution in [2.24, 2.45) is 5.92 Å². The Bertz CT molecular complexity index is 495. The van der Waals surface area contributed by atoms with E-state index in [0.717, 1.165) is 19.4 Å². The zero-order chi connectivity index (χ0) is 13.0. The van der Waals surface area contributed by atoms with E-state index in [-0.39, 0.29) is 16.6 Å². The second kappa shape index (κ2) is 5.69. The number of sulfonamides is 1. The summed E-state index contributed by atoms with van der Waals surface area (Å²) in [5.74, 6) is 0.171. The lowest BCUT2D eigenvalue weighted by Gasteiger charge is -2.22. The Balaban J connectivity index is 1.98. The third-order valence-electron chi connectivity index (χ3n) is 2.94. The van der Waals surface area contributed by atoms with Crippen LogP contribution in [0.5, 0.6) is 5.75 Å². The fourth-order valence-corrected chi connectivity index (χ4v) is 3.09. The Morgan fingerprint density at radius 2 is 2.28 bits per heavy atom.